The Bertz CT molecular complexity index is 173. The van der Waals surface area contributed by atoms with E-state index in [2.05, 4.69) is 0 Å². The van der Waals surface area contributed by atoms with E-state index in [9.17, 15) is 4.79 Å². The molecule has 0 saturated heterocycles. The van der Waals surface area contributed by atoms with Crippen molar-refractivity contribution in [3.63, 3.8) is 0 Å². The first-order valence-electron chi connectivity index (χ1n) is 3.58. The third-order valence-electron chi connectivity index (χ3n) is 1.62. The average Bonchev–Trinajstić information content (AvgIpc) is 2.00. The van der Waals surface area contributed by atoms with Crippen molar-refractivity contribution in [2.45, 2.75) is 13.8 Å². The summed E-state index contributed by atoms with van der Waals surface area (Å²) in [5, 5.41) is 0. The van der Waals surface area contributed by atoms with Crippen LogP contribution in [-0.4, -0.2) is 37.0 Å². The molecule has 11 heavy (non-hydrogen) atoms. The highest BCUT2D eigenvalue weighted by molar-refractivity contribution is 5.75. The van der Waals surface area contributed by atoms with E-state index in [0.717, 1.165) is 5.70 Å². The third-order valence-corrected chi connectivity index (χ3v) is 1.62. The van der Waals surface area contributed by atoms with Crippen molar-refractivity contribution < 1.29 is 4.79 Å². The van der Waals surface area contributed by atoms with Crippen LogP contribution in [0.1, 0.15) is 13.8 Å². The molecule has 0 unspecified atom stereocenters. The van der Waals surface area contributed by atoms with Crippen LogP contribution in [0.4, 0.5) is 4.79 Å². The summed E-state index contributed by atoms with van der Waals surface area (Å²) >= 11 is 0. The molecule has 0 fully saturated rings. The van der Waals surface area contributed by atoms with Gasteiger partial charge in [-0.3, -0.25) is 0 Å². The smallest absolute Gasteiger partial charge is 0.323 e. The first-order valence-corrected chi connectivity index (χ1v) is 3.58. The minimum absolute atomic E-state index is 0.000556. The SMILES string of the molecule is C/C=C(/C)N(C)C(=O)N(C)C. The molecule has 0 aromatic carbocycles. The summed E-state index contributed by atoms with van der Waals surface area (Å²) in [6, 6.07) is 0.000556. The second kappa shape index (κ2) is 4.01. The van der Waals surface area contributed by atoms with E-state index in [1.165, 1.54) is 0 Å². The van der Waals surface area contributed by atoms with Crippen molar-refractivity contribution in [3.8, 4) is 0 Å². The number of amides is 2. The Labute approximate surface area is 68.3 Å². The fraction of sp³-hybridized carbons (Fsp3) is 0.625. The van der Waals surface area contributed by atoms with Gasteiger partial charge in [-0.05, 0) is 13.8 Å². The number of rotatable bonds is 1. The van der Waals surface area contributed by atoms with Gasteiger partial charge in [0.1, 0.15) is 0 Å². The normalized spacial score (nSPS) is 11.2. The molecule has 0 radical (unpaired) electrons. The molecule has 0 N–H and O–H groups in total. The Morgan fingerprint density at radius 1 is 1.27 bits per heavy atom. The fourth-order valence-corrected chi connectivity index (χ4v) is 0.645. The predicted molar refractivity (Wildman–Crippen MR) is 46.3 cm³/mol. The van der Waals surface area contributed by atoms with Gasteiger partial charge >= 0.3 is 6.03 Å². The molecule has 0 spiro atoms. The first-order chi connectivity index (χ1) is 5.00. The number of urea groups is 1. The molecule has 0 aromatic rings. The summed E-state index contributed by atoms with van der Waals surface area (Å²) in [4.78, 5) is 14.4. The zero-order chi connectivity index (χ0) is 9.02. The molecule has 0 aromatic heterocycles. The highest BCUT2D eigenvalue weighted by Gasteiger charge is 2.10. The van der Waals surface area contributed by atoms with Crippen LogP contribution in [0.2, 0.25) is 0 Å². The van der Waals surface area contributed by atoms with E-state index in [0.29, 0.717) is 0 Å². The molecule has 0 aliphatic heterocycles. The molecule has 0 aliphatic carbocycles. The molecule has 0 atom stereocenters. The van der Waals surface area contributed by atoms with E-state index in [1.807, 2.05) is 19.9 Å². The summed E-state index contributed by atoms with van der Waals surface area (Å²) in [7, 11) is 5.24. The van der Waals surface area contributed by atoms with Gasteiger partial charge in [-0.15, -0.1) is 0 Å². The summed E-state index contributed by atoms with van der Waals surface area (Å²) in [5.41, 5.74) is 0.962. The number of nitrogens with zero attached hydrogens (tertiary/aromatic N) is 2. The van der Waals surface area contributed by atoms with Gasteiger partial charge in [-0.2, -0.15) is 0 Å². The quantitative estimate of drug-likeness (QED) is 0.564. The lowest BCUT2D eigenvalue weighted by atomic mass is 10.4. The second-order valence-electron chi connectivity index (χ2n) is 2.67. The van der Waals surface area contributed by atoms with E-state index in [-0.39, 0.29) is 6.03 Å². The Kier molecular flexibility index (Phi) is 3.65. The number of hydrogen-bond acceptors (Lipinski definition) is 1. The molecular weight excluding hydrogens is 140 g/mol. The maximum Gasteiger partial charge on any atom is 0.323 e. The molecule has 3 nitrogen and oxygen atoms in total. The fourth-order valence-electron chi connectivity index (χ4n) is 0.645. The van der Waals surface area contributed by atoms with Gasteiger partial charge in [0.15, 0.2) is 0 Å². The van der Waals surface area contributed by atoms with Gasteiger partial charge in [-0.25, -0.2) is 4.79 Å². The minimum atomic E-state index is 0.000556. The summed E-state index contributed by atoms with van der Waals surface area (Å²) in [6.45, 7) is 3.82. The predicted octanol–water partition coefficient (Wildman–Crippen LogP) is 1.52. The van der Waals surface area contributed by atoms with Crippen molar-refractivity contribution in [2.75, 3.05) is 21.1 Å². The molecule has 2 amide bonds. The number of carbonyl (C=O) groups is 1. The van der Waals surface area contributed by atoms with Gasteiger partial charge in [0.05, 0.1) is 0 Å². The highest BCUT2D eigenvalue weighted by Crippen LogP contribution is 2.01. The molecule has 0 aliphatic rings. The second-order valence-corrected chi connectivity index (χ2v) is 2.67. The summed E-state index contributed by atoms with van der Waals surface area (Å²) in [5.74, 6) is 0. The lowest BCUT2D eigenvalue weighted by molar-refractivity contribution is 0.192. The number of hydrogen-bond donors (Lipinski definition) is 0. The van der Waals surface area contributed by atoms with Gasteiger partial charge in [0.25, 0.3) is 0 Å². The highest BCUT2D eigenvalue weighted by atomic mass is 16.2. The molecule has 0 heterocycles. The largest absolute Gasteiger partial charge is 0.330 e. The molecule has 64 valence electrons. The van der Waals surface area contributed by atoms with Crippen molar-refractivity contribution in [1.82, 2.24) is 9.80 Å². The molecule has 3 heteroatoms. The Hall–Kier alpha value is -0.990. The maximum atomic E-state index is 11.3. The zero-order valence-electron chi connectivity index (χ0n) is 7.88. The first kappa shape index (κ1) is 10.0. The standard InChI is InChI=1S/C8H16N2O/c1-6-7(2)10(5)8(11)9(3)4/h6H,1-5H3/b7-6-. The van der Waals surface area contributed by atoms with Crippen molar-refractivity contribution >= 4 is 6.03 Å². The van der Waals surface area contributed by atoms with Crippen LogP contribution in [0.15, 0.2) is 11.8 Å². The third kappa shape index (κ3) is 2.62. The zero-order valence-corrected chi connectivity index (χ0v) is 7.88. The van der Waals surface area contributed by atoms with Crippen LogP contribution >= 0.6 is 0 Å². The summed E-state index contributed by atoms with van der Waals surface area (Å²) < 4.78 is 0. The lowest BCUT2D eigenvalue weighted by Gasteiger charge is -2.21. The van der Waals surface area contributed by atoms with E-state index in [1.54, 1.807) is 30.9 Å². The minimum Gasteiger partial charge on any atom is -0.330 e. The molecule has 0 rings (SSSR count). The van der Waals surface area contributed by atoms with Crippen LogP contribution < -0.4 is 0 Å². The Morgan fingerprint density at radius 3 is 2.00 bits per heavy atom. The maximum absolute atomic E-state index is 11.3. The molecule has 0 bridgehead atoms. The average molecular weight is 156 g/mol. The molecule has 0 saturated carbocycles. The van der Waals surface area contributed by atoms with Crippen molar-refractivity contribution in [1.29, 1.82) is 0 Å². The van der Waals surface area contributed by atoms with Gasteiger partial charge < -0.3 is 9.80 Å². The van der Waals surface area contributed by atoms with Gasteiger partial charge in [0, 0.05) is 26.8 Å². The number of allylic oxidation sites excluding steroid dienone is 2. The van der Waals surface area contributed by atoms with Crippen molar-refractivity contribution in [3.05, 3.63) is 11.8 Å². The lowest BCUT2D eigenvalue weighted by Crippen LogP contribution is -2.34. The van der Waals surface area contributed by atoms with Crippen LogP contribution in [0.25, 0.3) is 0 Å². The Morgan fingerprint density at radius 2 is 1.73 bits per heavy atom. The number of carbonyl (C=O) groups excluding carboxylic acids is 1. The van der Waals surface area contributed by atoms with E-state index in [4.69, 9.17) is 0 Å². The van der Waals surface area contributed by atoms with Gasteiger partial charge in [-0.1, -0.05) is 6.08 Å². The van der Waals surface area contributed by atoms with Crippen LogP contribution in [-0.2, 0) is 0 Å². The summed E-state index contributed by atoms with van der Waals surface area (Å²) in [6.07, 6.45) is 1.90. The van der Waals surface area contributed by atoms with Crippen LogP contribution in [0.5, 0.6) is 0 Å². The topological polar surface area (TPSA) is 23.6 Å². The van der Waals surface area contributed by atoms with E-state index < -0.39 is 0 Å². The monoisotopic (exact) mass is 156 g/mol. The van der Waals surface area contributed by atoms with Crippen molar-refractivity contribution in [2.24, 2.45) is 0 Å². The van der Waals surface area contributed by atoms with Crippen LogP contribution in [0, 0.1) is 0 Å². The van der Waals surface area contributed by atoms with Gasteiger partial charge in [0.2, 0.25) is 0 Å². The molecular formula is C8H16N2O. The van der Waals surface area contributed by atoms with E-state index >= 15 is 0 Å². The Balaban J connectivity index is 4.25. The van der Waals surface area contributed by atoms with Crippen LogP contribution in [0.3, 0.4) is 0 Å².